The zero-order chi connectivity index (χ0) is 18.5. The van der Waals surface area contributed by atoms with Gasteiger partial charge < -0.3 is 10.6 Å². The summed E-state index contributed by atoms with van der Waals surface area (Å²) in [6, 6.07) is 9.96. The first kappa shape index (κ1) is 19.4. The molecule has 1 aromatic carbocycles. The maximum absolute atomic E-state index is 12.2. The van der Waals surface area contributed by atoms with Gasteiger partial charge in [0.2, 0.25) is 0 Å². The molecule has 2 aromatic rings. The Kier molecular flexibility index (Phi) is 6.16. The molecule has 136 valence electrons. The predicted octanol–water partition coefficient (Wildman–Crippen LogP) is 4.97. The van der Waals surface area contributed by atoms with Gasteiger partial charge in [0.25, 0.3) is 0 Å². The second kappa shape index (κ2) is 7.95. The van der Waals surface area contributed by atoms with E-state index in [1.54, 1.807) is 18.0 Å². The third-order valence-electron chi connectivity index (χ3n) is 3.42. The topological polar surface area (TPSA) is 59.0 Å². The number of aromatic nitrogens is 2. The van der Waals surface area contributed by atoms with E-state index in [0.29, 0.717) is 11.6 Å². The maximum atomic E-state index is 12.2. The van der Waals surface area contributed by atoms with Crippen LogP contribution in [0.5, 0.6) is 0 Å². The van der Waals surface area contributed by atoms with Gasteiger partial charge in [-0.2, -0.15) is 5.10 Å². The van der Waals surface area contributed by atoms with E-state index in [1.807, 2.05) is 42.9 Å². The van der Waals surface area contributed by atoms with Crippen molar-refractivity contribution in [3.8, 4) is 0 Å². The molecule has 25 heavy (non-hydrogen) atoms. The van der Waals surface area contributed by atoms with E-state index in [-0.39, 0.29) is 17.0 Å². The summed E-state index contributed by atoms with van der Waals surface area (Å²) < 4.78 is 1.81. The van der Waals surface area contributed by atoms with Gasteiger partial charge in [-0.1, -0.05) is 39.0 Å². The van der Waals surface area contributed by atoms with Crippen LogP contribution in [0.1, 0.15) is 41.0 Å². The zero-order valence-corrected chi connectivity index (χ0v) is 16.5. The lowest BCUT2D eigenvalue weighted by molar-refractivity contribution is 0.220. The molecule has 0 saturated carbocycles. The van der Waals surface area contributed by atoms with Crippen molar-refractivity contribution in [3.05, 3.63) is 42.7 Å². The lowest BCUT2D eigenvalue weighted by atomic mass is 9.82. The summed E-state index contributed by atoms with van der Waals surface area (Å²) in [6.45, 7) is 10.6. The van der Waals surface area contributed by atoms with Gasteiger partial charge in [-0.25, -0.2) is 4.79 Å². The molecule has 0 spiro atoms. The van der Waals surface area contributed by atoms with Gasteiger partial charge in [0.05, 0.1) is 17.8 Å². The fraction of sp³-hybridized carbons (Fsp3) is 0.474. The summed E-state index contributed by atoms with van der Waals surface area (Å²) in [4.78, 5) is 13.4. The number of nitrogens with zero attached hydrogens (tertiary/aromatic N) is 2. The van der Waals surface area contributed by atoms with E-state index in [2.05, 4.69) is 48.6 Å². The predicted molar refractivity (Wildman–Crippen MR) is 105 cm³/mol. The lowest BCUT2D eigenvalue weighted by Gasteiger charge is -2.33. The molecule has 0 fully saturated rings. The number of urea groups is 1. The molecule has 2 amide bonds. The molecule has 0 atom stereocenters. The Morgan fingerprint density at radius 1 is 1.16 bits per heavy atom. The highest BCUT2D eigenvalue weighted by atomic mass is 32.2. The molecule has 5 nitrogen and oxygen atoms in total. The van der Waals surface area contributed by atoms with Crippen LogP contribution in [-0.2, 0) is 5.88 Å². The van der Waals surface area contributed by atoms with Gasteiger partial charge in [0, 0.05) is 16.6 Å². The average molecular weight is 361 g/mol. The minimum atomic E-state index is -0.276. The first-order valence-electron chi connectivity index (χ1n) is 8.42. The van der Waals surface area contributed by atoms with Gasteiger partial charge in [-0.3, -0.25) is 4.68 Å². The first-order chi connectivity index (χ1) is 11.6. The molecule has 0 aliphatic carbocycles. The SMILES string of the molecule is CC(C)(C)CC(C)(C)NC(=O)Nc1cnn(CSc2ccccc2)c1. The fourth-order valence-corrected chi connectivity index (χ4v) is 3.77. The van der Waals surface area contributed by atoms with E-state index in [4.69, 9.17) is 0 Å². The second-order valence-corrected chi connectivity index (χ2v) is 9.07. The van der Waals surface area contributed by atoms with Crippen LogP contribution in [0.15, 0.2) is 47.6 Å². The monoisotopic (exact) mass is 360 g/mol. The Labute approximate surface area is 154 Å². The molecule has 0 unspecified atom stereocenters. The quantitative estimate of drug-likeness (QED) is 0.715. The summed E-state index contributed by atoms with van der Waals surface area (Å²) >= 11 is 1.69. The zero-order valence-electron chi connectivity index (χ0n) is 15.7. The minimum absolute atomic E-state index is 0.149. The minimum Gasteiger partial charge on any atom is -0.333 e. The smallest absolute Gasteiger partial charge is 0.319 e. The number of carbonyl (C=O) groups is 1. The summed E-state index contributed by atoms with van der Waals surface area (Å²) in [5.41, 5.74) is 0.565. The molecule has 0 radical (unpaired) electrons. The highest BCUT2D eigenvalue weighted by Crippen LogP contribution is 2.27. The largest absolute Gasteiger partial charge is 0.333 e. The van der Waals surface area contributed by atoms with Crippen molar-refractivity contribution in [3.63, 3.8) is 0 Å². The number of thioether (sulfide) groups is 1. The summed E-state index contributed by atoms with van der Waals surface area (Å²) in [5.74, 6) is 0.697. The molecular weight excluding hydrogens is 332 g/mol. The number of anilines is 1. The Hall–Kier alpha value is -1.95. The standard InChI is InChI=1S/C19H28N4OS/c1-18(2,3)13-19(4,5)22-17(24)21-15-11-20-23(12-15)14-25-16-9-7-6-8-10-16/h6-12H,13-14H2,1-5H3,(H2,21,22,24). The van der Waals surface area contributed by atoms with E-state index in [9.17, 15) is 4.79 Å². The Balaban J connectivity index is 1.85. The van der Waals surface area contributed by atoms with Crippen LogP contribution in [-0.4, -0.2) is 21.4 Å². The lowest BCUT2D eigenvalue weighted by Crippen LogP contribution is -2.47. The van der Waals surface area contributed by atoms with Crippen LogP contribution in [0.3, 0.4) is 0 Å². The third-order valence-corrected chi connectivity index (χ3v) is 4.42. The molecule has 0 aliphatic rings. The molecule has 2 rings (SSSR count). The number of hydrogen-bond acceptors (Lipinski definition) is 3. The van der Waals surface area contributed by atoms with Gasteiger partial charge in [0.15, 0.2) is 0 Å². The number of amides is 2. The van der Waals surface area contributed by atoms with Gasteiger partial charge >= 0.3 is 6.03 Å². The summed E-state index contributed by atoms with van der Waals surface area (Å²) in [6.07, 6.45) is 4.40. The van der Waals surface area contributed by atoms with E-state index in [1.165, 1.54) is 4.90 Å². The van der Waals surface area contributed by atoms with Crippen LogP contribution in [0.25, 0.3) is 0 Å². The van der Waals surface area contributed by atoms with Crippen molar-refractivity contribution < 1.29 is 4.79 Å². The fourth-order valence-electron chi connectivity index (χ4n) is 3.00. The summed E-state index contributed by atoms with van der Waals surface area (Å²) in [5, 5.41) is 10.2. The first-order valence-corrected chi connectivity index (χ1v) is 9.41. The average Bonchev–Trinajstić information content (AvgIpc) is 2.90. The molecule has 0 bridgehead atoms. The van der Waals surface area contributed by atoms with Crippen LogP contribution in [0.2, 0.25) is 0 Å². The number of hydrogen-bond donors (Lipinski definition) is 2. The van der Waals surface area contributed by atoms with Gasteiger partial charge in [-0.05, 0) is 37.8 Å². The van der Waals surface area contributed by atoms with Crippen molar-refractivity contribution in [2.75, 3.05) is 5.32 Å². The number of benzene rings is 1. The maximum Gasteiger partial charge on any atom is 0.319 e. The molecule has 2 N–H and O–H groups in total. The van der Waals surface area contributed by atoms with Crippen molar-refractivity contribution in [2.24, 2.45) is 5.41 Å². The number of rotatable bonds is 6. The molecule has 0 aliphatic heterocycles. The highest BCUT2D eigenvalue weighted by Gasteiger charge is 2.27. The van der Waals surface area contributed by atoms with E-state index < -0.39 is 0 Å². The number of nitrogens with one attached hydrogen (secondary N) is 2. The van der Waals surface area contributed by atoms with Crippen LogP contribution in [0.4, 0.5) is 10.5 Å². The van der Waals surface area contributed by atoms with E-state index >= 15 is 0 Å². The Bertz CT molecular complexity index is 689. The van der Waals surface area contributed by atoms with Crippen LogP contribution in [0, 0.1) is 5.41 Å². The Morgan fingerprint density at radius 3 is 2.48 bits per heavy atom. The third kappa shape index (κ3) is 7.22. The van der Waals surface area contributed by atoms with E-state index in [0.717, 1.165) is 6.42 Å². The van der Waals surface area contributed by atoms with Crippen molar-refractivity contribution in [1.29, 1.82) is 0 Å². The second-order valence-electron chi connectivity index (χ2n) is 8.06. The molecule has 1 heterocycles. The van der Waals surface area contributed by atoms with Crippen molar-refractivity contribution in [2.45, 2.75) is 57.4 Å². The normalized spacial score (nSPS) is 12.0. The van der Waals surface area contributed by atoms with Gasteiger partial charge in [0.1, 0.15) is 0 Å². The van der Waals surface area contributed by atoms with Crippen LogP contribution < -0.4 is 10.6 Å². The van der Waals surface area contributed by atoms with Crippen LogP contribution >= 0.6 is 11.8 Å². The molecule has 6 heteroatoms. The van der Waals surface area contributed by atoms with Crippen molar-refractivity contribution >= 4 is 23.5 Å². The molecule has 1 aromatic heterocycles. The van der Waals surface area contributed by atoms with Gasteiger partial charge in [-0.15, -0.1) is 11.8 Å². The number of carbonyl (C=O) groups excluding carboxylic acids is 1. The highest BCUT2D eigenvalue weighted by molar-refractivity contribution is 7.98. The summed E-state index contributed by atoms with van der Waals surface area (Å²) in [7, 11) is 0. The van der Waals surface area contributed by atoms with Crippen molar-refractivity contribution in [1.82, 2.24) is 15.1 Å². The molecule has 0 saturated heterocycles. The Morgan fingerprint density at radius 2 is 1.84 bits per heavy atom. The molecular formula is C19H28N4OS.